The summed E-state index contributed by atoms with van der Waals surface area (Å²) in [6, 6.07) is 3.93. The van der Waals surface area contributed by atoms with Crippen LogP contribution in [0.25, 0.3) is 11.0 Å². The van der Waals surface area contributed by atoms with E-state index in [9.17, 15) is 4.79 Å². The van der Waals surface area contributed by atoms with Gasteiger partial charge in [-0.05, 0) is 69.3 Å². The summed E-state index contributed by atoms with van der Waals surface area (Å²) < 4.78 is 3.33. The molecule has 6 nitrogen and oxygen atoms in total. The molecule has 1 fully saturated rings. The standard InChI is InChI=1S/C18H17Br2N5O/c1-10-13-9-22-18(23-14-7-6-11(19)8-21-14)24-16(13)25(17(26)15(10)20)12-4-2-3-5-12/h6-9,12H,2-5H2,1H3,(H,21,22,23,24). The molecule has 0 aliphatic heterocycles. The number of hydrogen-bond donors (Lipinski definition) is 1. The largest absolute Gasteiger partial charge is 0.309 e. The highest BCUT2D eigenvalue weighted by molar-refractivity contribution is 9.10. The molecule has 3 aromatic rings. The van der Waals surface area contributed by atoms with E-state index in [1.165, 1.54) is 0 Å². The van der Waals surface area contributed by atoms with Crippen LogP contribution in [0.3, 0.4) is 0 Å². The second-order valence-corrected chi connectivity index (χ2v) is 8.18. The van der Waals surface area contributed by atoms with Crippen LogP contribution in [0.1, 0.15) is 37.3 Å². The van der Waals surface area contributed by atoms with E-state index < -0.39 is 0 Å². The fraction of sp³-hybridized carbons (Fsp3) is 0.333. The summed E-state index contributed by atoms with van der Waals surface area (Å²) in [5.74, 6) is 1.08. The third-order valence-electron chi connectivity index (χ3n) is 4.79. The number of hydrogen-bond acceptors (Lipinski definition) is 5. The van der Waals surface area contributed by atoms with Gasteiger partial charge in [-0.1, -0.05) is 12.8 Å². The summed E-state index contributed by atoms with van der Waals surface area (Å²) in [6.45, 7) is 1.92. The molecule has 1 N–H and O–H groups in total. The van der Waals surface area contributed by atoms with Crippen molar-refractivity contribution in [2.24, 2.45) is 0 Å². The molecule has 0 saturated heterocycles. The number of rotatable bonds is 3. The number of halogens is 2. The lowest BCUT2D eigenvalue weighted by Gasteiger charge is -2.18. The van der Waals surface area contributed by atoms with Crippen molar-refractivity contribution >= 4 is 54.7 Å². The lowest BCUT2D eigenvalue weighted by molar-refractivity contribution is 0.514. The van der Waals surface area contributed by atoms with Gasteiger partial charge < -0.3 is 5.32 Å². The van der Waals surface area contributed by atoms with E-state index in [2.05, 4.69) is 52.1 Å². The Balaban J connectivity index is 1.85. The van der Waals surface area contributed by atoms with Crippen molar-refractivity contribution in [1.29, 1.82) is 0 Å². The van der Waals surface area contributed by atoms with Crippen molar-refractivity contribution in [3.05, 3.63) is 49.4 Å². The summed E-state index contributed by atoms with van der Waals surface area (Å²) in [6.07, 6.45) is 7.77. The van der Waals surface area contributed by atoms with E-state index in [0.29, 0.717) is 21.9 Å². The monoisotopic (exact) mass is 477 g/mol. The molecule has 3 heterocycles. The maximum Gasteiger partial charge on any atom is 0.267 e. The van der Waals surface area contributed by atoms with Gasteiger partial charge in [0.15, 0.2) is 0 Å². The van der Waals surface area contributed by atoms with Gasteiger partial charge in [-0.15, -0.1) is 0 Å². The quantitative estimate of drug-likeness (QED) is 0.580. The number of fused-ring (bicyclic) bond motifs is 1. The topological polar surface area (TPSA) is 72.7 Å². The van der Waals surface area contributed by atoms with Crippen molar-refractivity contribution in [2.45, 2.75) is 38.6 Å². The summed E-state index contributed by atoms with van der Waals surface area (Å²) in [5.41, 5.74) is 1.53. The molecule has 0 unspecified atom stereocenters. The van der Waals surface area contributed by atoms with Gasteiger partial charge in [0.05, 0.1) is 4.47 Å². The Hall–Kier alpha value is -1.80. The molecule has 0 amide bonds. The van der Waals surface area contributed by atoms with E-state index in [-0.39, 0.29) is 11.6 Å². The molecule has 8 heteroatoms. The summed E-state index contributed by atoms with van der Waals surface area (Å²) >= 11 is 6.83. The van der Waals surface area contributed by atoms with Gasteiger partial charge in [-0.25, -0.2) is 9.97 Å². The molecule has 0 spiro atoms. The molecule has 1 saturated carbocycles. The molecule has 0 bridgehead atoms. The Morgan fingerprint density at radius 2 is 1.92 bits per heavy atom. The molecular formula is C18H17Br2N5O. The van der Waals surface area contributed by atoms with Gasteiger partial charge in [-0.2, -0.15) is 4.98 Å². The van der Waals surface area contributed by atoms with Crippen molar-refractivity contribution in [3.63, 3.8) is 0 Å². The minimum Gasteiger partial charge on any atom is -0.309 e. The van der Waals surface area contributed by atoms with Gasteiger partial charge in [-0.3, -0.25) is 9.36 Å². The lowest BCUT2D eigenvalue weighted by Crippen LogP contribution is -2.26. The third kappa shape index (κ3) is 3.16. The van der Waals surface area contributed by atoms with E-state index >= 15 is 0 Å². The number of nitrogens with zero attached hydrogens (tertiary/aromatic N) is 4. The van der Waals surface area contributed by atoms with Crippen LogP contribution < -0.4 is 10.9 Å². The number of aromatic nitrogens is 4. The lowest BCUT2D eigenvalue weighted by atomic mass is 10.1. The zero-order chi connectivity index (χ0) is 18.3. The maximum atomic E-state index is 12.9. The molecular weight excluding hydrogens is 462 g/mol. The van der Waals surface area contributed by atoms with Gasteiger partial charge in [0.1, 0.15) is 11.5 Å². The Morgan fingerprint density at radius 3 is 2.62 bits per heavy atom. The smallest absolute Gasteiger partial charge is 0.267 e. The van der Waals surface area contributed by atoms with E-state index in [4.69, 9.17) is 0 Å². The van der Waals surface area contributed by atoms with Gasteiger partial charge in [0, 0.05) is 28.3 Å². The zero-order valence-electron chi connectivity index (χ0n) is 14.2. The number of aryl methyl sites for hydroxylation is 1. The highest BCUT2D eigenvalue weighted by Gasteiger charge is 2.23. The predicted octanol–water partition coefficient (Wildman–Crippen LogP) is 4.88. The molecule has 134 valence electrons. The highest BCUT2D eigenvalue weighted by Crippen LogP contribution is 2.32. The Labute approximate surface area is 167 Å². The first-order chi connectivity index (χ1) is 12.5. The first-order valence-electron chi connectivity index (χ1n) is 8.50. The van der Waals surface area contributed by atoms with Gasteiger partial charge >= 0.3 is 0 Å². The number of pyridine rings is 2. The van der Waals surface area contributed by atoms with E-state index in [1.54, 1.807) is 12.4 Å². The Morgan fingerprint density at radius 1 is 1.15 bits per heavy atom. The second-order valence-electron chi connectivity index (χ2n) is 6.47. The molecule has 1 aliphatic carbocycles. The zero-order valence-corrected chi connectivity index (χ0v) is 17.3. The van der Waals surface area contributed by atoms with E-state index in [1.807, 2.05) is 23.6 Å². The normalized spacial score (nSPS) is 14.9. The molecule has 4 rings (SSSR count). The molecule has 0 atom stereocenters. The fourth-order valence-corrected chi connectivity index (χ4v) is 4.07. The van der Waals surface area contributed by atoms with E-state index in [0.717, 1.165) is 41.1 Å². The minimum absolute atomic E-state index is 0.0201. The molecule has 1 aliphatic rings. The van der Waals surface area contributed by atoms with Crippen LogP contribution in [0.4, 0.5) is 11.8 Å². The maximum absolute atomic E-state index is 12.9. The van der Waals surface area contributed by atoms with Crippen LogP contribution in [0.15, 0.2) is 38.3 Å². The second kappa shape index (κ2) is 7.08. The average Bonchev–Trinajstić information content (AvgIpc) is 3.16. The first kappa shape index (κ1) is 17.6. The van der Waals surface area contributed by atoms with Crippen LogP contribution >= 0.6 is 31.9 Å². The molecule has 3 aromatic heterocycles. The number of nitrogens with one attached hydrogen (secondary N) is 1. The van der Waals surface area contributed by atoms with Crippen LogP contribution in [0.2, 0.25) is 0 Å². The third-order valence-corrected chi connectivity index (χ3v) is 6.20. The Kier molecular flexibility index (Phi) is 4.79. The van der Waals surface area contributed by atoms with Gasteiger partial charge in [0.25, 0.3) is 5.56 Å². The molecule has 0 aromatic carbocycles. The van der Waals surface area contributed by atoms with Crippen molar-refractivity contribution in [1.82, 2.24) is 19.5 Å². The number of anilines is 2. The van der Waals surface area contributed by atoms with Crippen molar-refractivity contribution in [2.75, 3.05) is 5.32 Å². The average molecular weight is 479 g/mol. The SMILES string of the molecule is Cc1c(Br)c(=O)n(C2CCCC2)c2nc(Nc3ccc(Br)cn3)ncc12. The van der Waals surface area contributed by atoms with Crippen LogP contribution in [0, 0.1) is 6.92 Å². The predicted molar refractivity (Wildman–Crippen MR) is 109 cm³/mol. The molecule has 0 radical (unpaired) electrons. The molecule has 26 heavy (non-hydrogen) atoms. The van der Waals surface area contributed by atoms with Crippen LogP contribution in [0.5, 0.6) is 0 Å². The van der Waals surface area contributed by atoms with Crippen LogP contribution in [-0.2, 0) is 0 Å². The summed E-state index contributed by atoms with van der Waals surface area (Å²) in [5, 5.41) is 4.00. The fourth-order valence-electron chi connectivity index (χ4n) is 3.43. The first-order valence-corrected chi connectivity index (χ1v) is 10.1. The summed E-state index contributed by atoms with van der Waals surface area (Å²) in [4.78, 5) is 26.3. The highest BCUT2D eigenvalue weighted by atomic mass is 79.9. The van der Waals surface area contributed by atoms with Gasteiger partial charge in [0.2, 0.25) is 5.95 Å². The minimum atomic E-state index is -0.0201. The summed E-state index contributed by atoms with van der Waals surface area (Å²) in [7, 11) is 0. The van der Waals surface area contributed by atoms with Crippen molar-refractivity contribution < 1.29 is 0 Å². The Bertz CT molecular complexity index is 1030. The van der Waals surface area contributed by atoms with Crippen molar-refractivity contribution in [3.8, 4) is 0 Å². The van der Waals surface area contributed by atoms with Crippen LogP contribution in [-0.4, -0.2) is 19.5 Å².